The summed E-state index contributed by atoms with van der Waals surface area (Å²) in [6.45, 7) is 4.00. The molecule has 0 aliphatic carbocycles. The first kappa shape index (κ1) is 12.7. The molecular weight excluding hydrogens is 240 g/mol. The maximum absolute atomic E-state index is 2.30. The standard InChI is InChI=1S/C18H12.C2H6/c1-2-7-15-12-18-16(11-14(15)6-1)10-9-13-5-3-4-8-17(13)18;1-2/h1-12H;1-2H3. The van der Waals surface area contributed by atoms with Crippen molar-refractivity contribution in [2.24, 2.45) is 0 Å². The van der Waals surface area contributed by atoms with Crippen molar-refractivity contribution >= 4 is 32.3 Å². The van der Waals surface area contributed by atoms with Gasteiger partial charge in [-0.3, -0.25) is 0 Å². The van der Waals surface area contributed by atoms with Crippen LogP contribution in [-0.2, 0) is 0 Å². The summed E-state index contributed by atoms with van der Waals surface area (Å²) < 4.78 is 0. The van der Waals surface area contributed by atoms with Crippen molar-refractivity contribution in [2.45, 2.75) is 13.8 Å². The van der Waals surface area contributed by atoms with Gasteiger partial charge in [-0.1, -0.05) is 74.5 Å². The molecule has 0 amide bonds. The minimum absolute atomic E-state index is 1.31. The molecule has 0 aromatic heterocycles. The van der Waals surface area contributed by atoms with Gasteiger partial charge in [0.15, 0.2) is 0 Å². The fraction of sp³-hybridized carbons (Fsp3) is 0.100. The number of hydrogen-bond donors (Lipinski definition) is 0. The van der Waals surface area contributed by atoms with Crippen LogP contribution in [0.3, 0.4) is 0 Å². The zero-order valence-corrected chi connectivity index (χ0v) is 11.9. The fourth-order valence-electron chi connectivity index (χ4n) is 2.70. The number of fused-ring (bicyclic) bond motifs is 4. The summed E-state index contributed by atoms with van der Waals surface area (Å²) in [6, 6.07) is 26.1. The molecule has 0 radical (unpaired) electrons. The molecule has 4 rings (SSSR count). The molecule has 0 bridgehead atoms. The van der Waals surface area contributed by atoms with Crippen LogP contribution < -0.4 is 0 Å². The summed E-state index contributed by atoms with van der Waals surface area (Å²) in [5, 5.41) is 7.90. The predicted octanol–water partition coefficient (Wildman–Crippen LogP) is 6.17. The Morgan fingerprint density at radius 1 is 0.450 bits per heavy atom. The Kier molecular flexibility index (Phi) is 3.39. The van der Waals surface area contributed by atoms with E-state index in [0.29, 0.717) is 0 Å². The van der Waals surface area contributed by atoms with Crippen LogP contribution >= 0.6 is 0 Å². The van der Waals surface area contributed by atoms with Gasteiger partial charge in [0.1, 0.15) is 0 Å². The van der Waals surface area contributed by atoms with Crippen LogP contribution in [0.25, 0.3) is 32.3 Å². The molecule has 0 fully saturated rings. The van der Waals surface area contributed by atoms with E-state index in [1.807, 2.05) is 13.8 Å². The topological polar surface area (TPSA) is 0 Å². The Hall–Kier alpha value is -2.34. The molecule has 0 N–H and O–H groups in total. The number of hydrogen-bond acceptors (Lipinski definition) is 0. The van der Waals surface area contributed by atoms with Crippen molar-refractivity contribution in [1.82, 2.24) is 0 Å². The average molecular weight is 258 g/mol. The summed E-state index contributed by atoms with van der Waals surface area (Å²) in [4.78, 5) is 0. The number of benzene rings is 4. The Bertz CT molecular complexity index is 866. The van der Waals surface area contributed by atoms with Gasteiger partial charge in [0.05, 0.1) is 0 Å². The van der Waals surface area contributed by atoms with Crippen LogP contribution in [0.1, 0.15) is 13.8 Å². The summed E-state index contributed by atoms with van der Waals surface area (Å²) >= 11 is 0. The first-order chi connectivity index (χ1) is 9.92. The molecule has 0 unspecified atom stereocenters. The Morgan fingerprint density at radius 3 is 1.75 bits per heavy atom. The first-order valence-corrected chi connectivity index (χ1v) is 7.22. The Morgan fingerprint density at radius 2 is 1.00 bits per heavy atom. The number of rotatable bonds is 0. The summed E-state index contributed by atoms with van der Waals surface area (Å²) in [5.41, 5.74) is 0. The van der Waals surface area contributed by atoms with Crippen molar-refractivity contribution in [3.8, 4) is 0 Å². The SMILES string of the molecule is CC.c1ccc2cc3c(ccc4ccccc43)cc2c1. The highest BCUT2D eigenvalue weighted by molar-refractivity contribution is 6.11. The lowest BCUT2D eigenvalue weighted by molar-refractivity contribution is 1.50. The van der Waals surface area contributed by atoms with E-state index < -0.39 is 0 Å². The molecule has 0 atom stereocenters. The van der Waals surface area contributed by atoms with Gasteiger partial charge in [-0.2, -0.15) is 0 Å². The molecule has 20 heavy (non-hydrogen) atoms. The molecule has 0 aliphatic heterocycles. The molecule has 0 heterocycles. The van der Waals surface area contributed by atoms with Crippen LogP contribution in [0.5, 0.6) is 0 Å². The highest BCUT2D eigenvalue weighted by Gasteiger charge is 2.01. The normalized spacial score (nSPS) is 10.5. The minimum atomic E-state index is 1.31. The van der Waals surface area contributed by atoms with Gasteiger partial charge in [0.2, 0.25) is 0 Å². The molecule has 0 nitrogen and oxygen atoms in total. The smallest absolute Gasteiger partial charge is 0.00990 e. The molecule has 4 aromatic carbocycles. The third-order valence-corrected chi connectivity index (χ3v) is 3.61. The summed E-state index contributed by atoms with van der Waals surface area (Å²) in [5.74, 6) is 0. The summed E-state index contributed by atoms with van der Waals surface area (Å²) in [7, 11) is 0. The van der Waals surface area contributed by atoms with Crippen molar-refractivity contribution < 1.29 is 0 Å². The highest BCUT2D eigenvalue weighted by atomic mass is 14.1. The van der Waals surface area contributed by atoms with E-state index in [1.165, 1.54) is 32.3 Å². The third-order valence-electron chi connectivity index (χ3n) is 3.61. The van der Waals surface area contributed by atoms with Crippen LogP contribution in [0, 0.1) is 0 Å². The monoisotopic (exact) mass is 258 g/mol. The average Bonchev–Trinajstić information content (AvgIpc) is 2.55. The molecule has 0 saturated carbocycles. The zero-order chi connectivity index (χ0) is 13.9. The summed E-state index contributed by atoms with van der Waals surface area (Å²) in [6.07, 6.45) is 0. The van der Waals surface area contributed by atoms with Gasteiger partial charge >= 0.3 is 0 Å². The van der Waals surface area contributed by atoms with E-state index in [0.717, 1.165) is 0 Å². The van der Waals surface area contributed by atoms with E-state index in [-0.39, 0.29) is 0 Å². The lowest BCUT2D eigenvalue weighted by Gasteiger charge is -2.06. The van der Waals surface area contributed by atoms with E-state index in [4.69, 9.17) is 0 Å². The lowest BCUT2D eigenvalue weighted by Crippen LogP contribution is -1.79. The molecule has 0 saturated heterocycles. The van der Waals surface area contributed by atoms with Crippen LogP contribution in [-0.4, -0.2) is 0 Å². The second-order valence-corrected chi connectivity index (χ2v) is 4.71. The quantitative estimate of drug-likeness (QED) is 0.261. The maximum atomic E-state index is 2.30. The largest absolute Gasteiger partial charge is 0.0683 e. The predicted molar refractivity (Wildman–Crippen MR) is 90.3 cm³/mol. The molecule has 0 aliphatic rings. The van der Waals surface area contributed by atoms with Gasteiger partial charge in [-0.15, -0.1) is 0 Å². The minimum Gasteiger partial charge on any atom is -0.0683 e. The van der Waals surface area contributed by atoms with Crippen molar-refractivity contribution in [3.05, 3.63) is 72.8 Å². The lowest BCUT2D eigenvalue weighted by atomic mass is 9.98. The fourth-order valence-corrected chi connectivity index (χ4v) is 2.70. The van der Waals surface area contributed by atoms with Gasteiger partial charge in [0.25, 0.3) is 0 Å². The van der Waals surface area contributed by atoms with E-state index >= 15 is 0 Å². The van der Waals surface area contributed by atoms with E-state index in [2.05, 4.69) is 72.8 Å². The van der Waals surface area contributed by atoms with Gasteiger partial charge in [0, 0.05) is 0 Å². The van der Waals surface area contributed by atoms with E-state index in [1.54, 1.807) is 0 Å². The zero-order valence-electron chi connectivity index (χ0n) is 11.9. The van der Waals surface area contributed by atoms with Crippen molar-refractivity contribution in [1.29, 1.82) is 0 Å². The van der Waals surface area contributed by atoms with Gasteiger partial charge in [-0.05, 0) is 44.5 Å². The molecule has 0 spiro atoms. The molecule has 98 valence electrons. The van der Waals surface area contributed by atoms with Crippen molar-refractivity contribution in [3.63, 3.8) is 0 Å². The van der Waals surface area contributed by atoms with Gasteiger partial charge in [-0.25, -0.2) is 0 Å². The second kappa shape index (κ2) is 5.34. The Balaban J connectivity index is 0.000000581. The molecule has 0 heteroatoms. The first-order valence-electron chi connectivity index (χ1n) is 7.22. The van der Waals surface area contributed by atoms with Crippen LogP contribution in [0.4, 0.5) is 0 Å². The molecular formula is C20H18. The van der Waals surface area contributed by atoms with Crippen LogP contribution in [0.15, 0.2) is 72.8 Å². The Labute approximate surface area is 119 Å². The second-order valence-electron chi connectivity index (χ2n) is 4.71. The van der Waals surface area contributed by atoms with Gasteiger partial charge < -0.3 is 0 Å². The third kappa shape index (κ3) is 2.04. The van der Waals surface area contributed by atoms with Crippen LogP contribution in [0.2, 0.25) is 0 Å². The molecule has 4 aromatic rings. The van der Waals surface area contributed by atoms with Crippen molar-refractivity contribution in [2.75, 3.05) is 0 Å². The van der Waals surface area contributed by atoms with E-state index in [9.17, 15) is 0 Å². The highest BCUT2D eigenvalue weighted by Crippen LogP contribution is 2.29. The maximum Gasteiger partial charge on any atom is -0.00990 e.